The average Bonchev–Trinajstić information content (AvgIpc) is 1.85. The van der Waals surface area contributed by atoms with E-state index in [4.69, 9.17) is 23.2 Å². The van der Waals surface area contributed by atoms with Crippen molar-refractivity contribution < 1.29 is 9.53 Å². The zero-order chi connectivity index (χ0) is 7.98. The first kappa shape index (κ1) is 9.79. The Morgan fingerprint density at radius 1 is 1.60 bits per heavy atom. The molecule has 0 atom stereocenters. The Hall–Kier alpha value is -0.210. The van der Waals surface area contributed by atoms with E-state index in [9.17, 15) is 4.79 Å². The minimum absolute atomic E-state index is 0.0514. The van der Waals surface area contributed by atoms with Gasteiger partial charge in [-0.05, 0) is 6.42 Å². The van der Waals surface area contributed by atoms with Gasteiger partial charge in [-0.25, -0.2) is 0 Å². The minimum Gasteiger partial charge on any atom is -0.432 e. The van der Waals surface area contributed by atoms with E-state index in [0.717, 1.165) is 12.7 Å². The van der Waals surface area contributed by atoms with E-state index in [1.807, 2.05) is 6.92 Å². The largest absolute Gasteiger partial charge is 0.432 e. The van der Waals surface area contributed by atoms with E-state index in [2.05, 4.69) is 4.74 Å². The van der Waals surface area contributed by atoms with E-state index in [-0.39, 0.29) is 10.5 Å². The number of carbonyl (C=O) groups excluding carboxylic acids is 1. The molecule has 0 aromatic heterocycles. The number of carbonyl (C=O) groups is 1. The molecule has 0 unspecified atom stereocenters. The highest BCUT2D eigenvalue weighted by atomic mass is 35.5. The second kappa shape index (κ2) is 5.57. The molecule has 4 heteroatoms. The van der Waals surface area contributed by atoms with Crippen LogP contribution in [0.4, 0.5) is 0 Å². The topological polar surface area (TPSA) is 26.3 Å². The zero-order valence-electron chi connectivity index (χ0n) is 5.56. The Morgan fingerprint density at radius 3 is 2.60 bits per heavy atom. The van der Waals surface area contributed by atoms with Gasteiger partial charge < -0.3 is 4.74 Å². The highest BCUT2D eigenvalue weighted by Crippen LogP contribution is 2.06. The van der Waals surface area contributed by atoms with Crippen molar-refractivity contribution in [3.8, 4) is 0 Å². The molecule has 0 aliphatic rings. The van der Waals surface area contributed by atoms with Crippen molar-refractivity contribution in [3.63, 3.8) is 0 Å². The number of ether oxygens (including phenoxy) is 1. The molecule has 58 valence electrons. The van der Waals surface area contributed by atoms with Crippen LogP contribution in [0.25, 0.3) is 0 Å². The van der Waals surface area contributed by atoms with Crippen LogP contribution in [-0.2, 0) is 9.53 Å². The fraction of sp³-hybridized carbons (Fsp3) is 0.500. The van der Waals surface area contributed by atoms with Crippen LogP contribution < -0.4 is 0 Å². The van der Waals surface area contributed by atoms with Gasteiger partial charge in [-0.1, -0.05) is 30.1 Å². The molecule has 0 heterocycles. The maximum Gasteiger partial charge on any atom is 0.310 e. The maximum atomic E-state index is 10.6. The molecule has 0 aliphatic heterocycles. The fourth-order valence-corrected chi connectivity index (χ4v) is 0.462. The highest BCUT2D eigenvalue weighted by Gasteiger charge is 1.97. The monoisotopic (exact) mass is 182 g/mol. The minimum atomic E-state index is -0.318. The molecule has 0 aromatic carbocycles. The number of esters is 1. The number of rotatable bonds is 3. The molecule has 0 saturated carbocycles. The lowest BCUT2D eigenvalue weighted by Crippen LogP contribution is -1.97. The Morgan fingerprint density at radius 2 is 2.20 bits per heavy atom. The Kier molecular flexibility index (Phi) is 5.45. The van der Waals surface area contributed by atoms with Crippen molar-refractivity contribution in [1.29, 1.82) is 0 Å². The van der Waals surface area contributed by atoms with Crippen LogP contribution in [-0.4, -0.2) is 5.97 Å². The molecule has 10 heavy (non-hydrogen) atoms. The quantitative estimate of drug-likeness (QED) is 0.496. The predicted molar refractivity (Wildman–Crippen MR) is 40.8 cm³/mol. The summed E-state index contributed by atoms with van der Waals surface area (Å²) < 4.78 is 4.43. The Bertz CT molecular complexity index is 139. The van der Waals surface area contributed by atoms with Crippen molar-refractivity contribution in [2.75, 3.05) is 0 Å². The predicted octanol–water partition coefficient (Wildman–Crippen LogP) is 2.61. The van der Waals surface area contributed by atoms with E-state index in [0.29, 0.717) is 6.42 Å². The second-order valence-corrected chi connectivity index (χ2v) is 2.66. The number of hydrogen-bond donors (Lipinski definition) is 0. The fourth-order valence-electron chi connectivity index (χ4n) is 0.373. The number of halogens is 2. The molecule has 2 nitrogen and oxygen atoms in total. The summed E-state index contributed by atoms with van der Waals surface area (Å²) in [4.78, 5) is 10.6. The van der Waals surface area contributed by atoms with Gasteiger partial charge in [-0.15, -0.1) is 0 Å². The standard InChI is InChI=1S/C6H8Cl2O2/c1-2-3-6(9)10-4-5(7)8/h4H,2-3H2,1H3. The van der Waals surface area contributed by atoms with Crippen LogP contribution in [0.5, 0.6) is 0 Å². The molecule has 0 amide bonds. The lowest BCUT2D eigenvalue weighted by Gasteiger charge is -1.94. The first-order chi connectivity index (χ1) is 4.66. The van der Waals surface area contributed by atoms with Gasteiger partial charge >= 0.3 is 5.97 Å². The normalized spacial score (nSPS) is 8.70. The van der Waals surface area contributed by atoms with E-state index in [1.165, 1.54) is 0 Å². The van der Waals surface area contributed by atoms with E-state index >= 15 is 0 Å². The summed E-state index contributed by atoms with van der Waals surface area (Å²) in [5.74, 6) is -0.318. The van der Waals surface area contributed by atoms with Gasteiger partial charge in [0.2, 0.25) is 0 Å². The molecule has 0 N–H and O–H groups in total. The molecular weight excluding hydrogens is 175 g/mol. The molecule has 0 bridgehead atoms. The highest BCUT2D eigenvalue weighted by molar-refractivity contribution is 6.55. The van der Waals surface area contributed by atoms with Crippen molar-refractivity contribution in [1.82, 2.24) is 0 Å². The van der Waals surface area contributed by atoms with Crippen molar-refractivity contribution >= 4 is 29.2 Å². The van der Waals surface area contributed by atoms with Crippen LogP contribution in [0.1, 0.15) is 19.8 Å². The van der Waals surface area contributed by atoms with E-state index < -0.39 is 0 Å². The molecule has 0 saturated heterocycles. The van der Waals surface area contributed by atoms with Crippen molar-refractivity contribution in [2.24, 2.45) is 0 Å². The summed E-state index contributed by atoms with van der Waals surface area (Å²) in [6, 6.07) is 0. The molecule has 0 aromatic rings. The van der Waals surface area contributed by atoms with Crippen LogP contribution >= 0.6 is 23.2 Å². The lowest BCUT2D eigenvalue weighted by atomic mass is 10.3. The summed E-state index contributed by atoms with van der Waals surface area (Å²) in [6.45, 7) is 1.88. The molecule has 0 aliphatic carbocycles. The third kappa shape index (κ3) is 5.92. The van der Waals surface area contributed by atoms with Crippen molar-refractivity contribution in [3.05, 3.63) is 10.8 Å². The molecular formula is C6H8Cl2O2. The number of hydrogen-bond acceptors (Lipinski definition) is 2. The van der Waals surface area contributed by atoms with Gasteiger partial charge in [0, 0.05) is 6.42 Å². The third-order valence-electron chi connectivity index (χ3n) is 0.734. The van der Waals surface area contributed by atoms with Crippen LogP contribution in [0, 0.1) is 0 Å². The van der Waals surface area contributed by atoms with Crippen molar-refractivity contribution in [2.45, 2.75) is 19.8 Å². The van der Waals surface area contributed by atoms with Crippen LogP contribution in [0.15, 0.2) is 10.8 Å². The zero-order valence-corrected chi connectivity index (χ0v) is 7.08. The van der Waals surface area contributed by atoms with Gasteiger partial charge in [0.25, 0.3) is 0 Å². The summed E-state index contributed by atoms with van der Waals surface area (Å²) in [7, 11) is 0. The van der Waals surface area contributed by atoms with Gasteiger partial charge in [-0.3, -0.25) is 4.79 Å². The Labute approximate surface area is 69.8 Å². The average molecular weight is 183 g/mol. The first-order valence-electron chi connectivity index (χ1n) is 2.87. The summed E-state index contributed by atoms with van der Waals surface area (Å²) in [5.41, 5.74) is 0. The third-order valence-corrected chi connectivity index (χ3v) is 0.912. The Balaban J connectivity index is 3.49. The van der Waals surface area contributed by atoms with Gasteiger partial charge in [0.05, 0.1) is 0 Å². The van der Waals surface area contributed by atoms with Gasteiger partial charge in [0.1, 0.15) is 10.8 Å². The first-order valence-corrected chi connectivity index (χ1v) is 3.63. The van der Waals surface area contributed by atoms with Crippen LogP contribution in [0.2, 0.25) is 0 Å². The summed E-state index contributed by atoms with van der Waals surface area (Å²) in [5, 5.41) is 0. The second-order valence-electron chi connectivity index (χ2n) is 1.65. The molecule has 0 fully saturated rings. The molecule has 0 rings (SSSR count). The molecule has 0 spiro atoms. The SMILES string of the molecule is CCCC(=O)OC=C(Cl)Cl. The van der Waals surface area contributed by atoms with Gasteiger partial charge in [-0.2, -0.15) is 0 Å². The van der Waals surface area contributed by atoms with Crippen LogP contribution in [0.3, 0.4) is 0 Å². The van der Waals surface area contributed by atoms with E-state index in [1.54, 1.807) is 0 Å². The maximum absolute atomic E-state index is 10.6. The molecule has 0 radical (unpaired) electrons. The summed E-state index contributed by atoms with van der Waals surface area (Å²) in [6.07, 6.45) is 2.16. The smallest absolute Gasteiger partial charge is 0.310 e. The van der Waals surface area contributed by atoms with Gasteiger partial charge in [0.15, 0.2) is 0 Å². The lowest BCUT2D eigenvalue weighted by molar-refractivity contribution is -0.138. The summed E-state index contributed by atoms with van der Waals surface area (Å²) >= 11 is 10.3.